The number of hydrazone groups is 1. The molecule has 0 bridgehead atoms. The second-order valence-electron chi connectivity index (χ2n) is 9.34. The third-order valence-electron chi connectivity index (χ3n) is 6.07. The van der Waals surface area contributed by atoms with E-state index in [1.807, 2.05) is 48.7 Å². The zero-order valence-corrected chi connectivity index (χ0v) is 24.4. The van der Waals surface area contributed by atoms with Crippen molar-refractivity contribution < 1.29 is 18.7 Å². The van der Waals surface area contributed by atoms with Gasteiger partial charge in [0.25, 0.3) is 11.8 Å². The van der Waals surface area contributed by atoms with Gasteiger partial charge in [-0.15, -0.1) is 11.3 Å². The molecular formula is C32H25ClFN5O3S. The topological polar surface area (TPSA) is 105 Å². The number of thiazole rings is 1. The second kappa shape index (κ2) is 13.7. The Morgan fingerprint density at radius 1 is 0.977 bits per heavy atom. The molecule has 0 saturated heterocycles. The maximum absolute atomic E-state index is 13.0. The van der Waals surface area contributed by atoms with Gasteiger partial charge in [-0.2, -0.15) is 5.10 Å². The molecule has 1 aromatic heterocycles. The van der Waals surface area contributed by atoms with Gasteiger partial charge >= 0.3 is 0 Å². The number of aryl methyl sites for hydroxylation is 1. The summed E-state index contributed by atoms with van der Waals surface area (Å²) in [6.07, 6.45) is 1.45. The maximum atomic E-state index is 13.0. The summed E-state index contributed by atoms with van der Waals surface area (Å²) in [7, 11) is 0. The first-order chi connectivity index (χ1) is 20.8. The summed E-state index contributed by atoms with van der Waals surface area (Å²) in [6, 6.07) is 25.4. The lowest BCUT2D eigenvalue weighted by Gasteiger charge is -2.09. The minimum Gasteiger partial charge on any atom is -0.482 e. The van der Waals surface area contributed by atoms with Crippen molar-refractivity contribution in [3.05, 3.63) is 124 Å². The quantitative estimate of drug-likeness (QED) is 0.112. The zero-order chi connectivity index (χ0) is 30.2. The van der Waals surface area contributed by atoms with Crippen LogP contribution in [0, 0.1) is 12.7 Å². The van der Waals surface area contributed by atoms with Crippen molar-refractivity contribution in [1.82, 2.24) is 10.4 Å². The standard InChI is InChI=1S/C32H25ClFN5O3S/c1-20-2-11-26(12-3-20)37-32-38-28(19-43-32)22-5-7-23(8-6-22)31(41)39-35-17-21-4-15-29(27(33)16-21)42-18-30(40)36-25-13-9-24(34)10-14-25/h2-17,19H,18H2,1H3,(H,36,40)(H,37,38)(H,39,41)/b35-17+. The van der Waals surface area contributed by atoms with Crippen LogP contribution in [0.5, 0.6) is 5.75 Å². The largest absolute Gasteiger partial charge is 0.482 e. The summed E-state index contributed by atoms with van der Waals surface area (Å²) in [5.41, 5.74) is 7.85. The van der Waals surface area contributed by atoms with Crippen molar-refractivity contribution in [1.29, 1.82) is 0 Å². The van der Waals surface area contributed by atoms with Crippen LogP contribution < -0.4 is 20.8 Å². The molecule has 8 nitrogen and oxygen atoms in total. The third-order valence-corrected chi connectivity index (χ3v) is 7.13. The average Bonchev–Trinajstić information content (AvgIpc) is 3.47. The van der Waals surface area contributed by atoms with E-state index in [1.54, 1.807) is 30.3 Å². The molecule has 2 amide bonds. The molecule has 43 heavy (non-hydrogen) atoms. The molecule has 5 aromatic rings. The highest BCUT2D eigenvalue weighted by atomic mass is 35.5. The van der Waals surface area contributed by atoms with Crippen LogP contribution in [0.3, 0.4) is 0 Å². The predicted molar refractivity (Wildman–Crippen MR) is 169 cm³/mol. The first-order valence-electron chi connectivity index (χ1n) is 13.0. The van der Waals surface area contributed by atoms with E-state index in [0.29, 0.717) is 22.6 Å². The number of benzene rings is 4. The van der Waals surface area contributed by atoms with Crippen molar-refractivity contribution in [3.63, 3.8) is 0 Å². The number of anilines is 3. The molecule has 0 spiro atoms. The van der Waals surface area contributed by atoms with Crippen LogP contribution in [0.2, 0.25) is 5.02 Å². The molecule has 0 fully saturated rings. The van der Waals surface area contributed by atoms with Gasteiger partial charge < -0.3 is 15.4 Å². The smallest absolute Gasteiger partial charge is 0.271 e. The van der Waals surface area contributed by atoms with Gasteiger partial charge in [0, 0.05) is 27.9 Å². The number of rotatable bonds is 10. The molecule has 4 aromatic carbocycles. The van der Waals surface area contributed by atoms with E-state index in [2.05, 4.69) is 26.1 Å². The summed E-state index contributed by atoms with van der Waals surface area (Å²) < 4.78 is 18.5. The van der Waals surface area contributed by atoms with Gasteiger partial charge in [-0.1, -0.05) is 41.4 Å². The molecule has 5 rings (SSSR count). The SMILES string of the molecule is Cc1ccc(Nc2nc(-c3ccc(C(=O)N/N=C/c4ccc(OCC(=O)Nc5ccc(F)cc5)c(Cl)c4)cc3)cs2)cc1. The summed E-state index contributed by atoms with van der Waals surface area (Å²) in [4.78, 5) is 29.3. The van der Waals surface area contributed by atoms with Gasteiger partial charge in [0.2, 0.25) is 0 Å². The molecule has 0 aliphatic carbocycles. The van der Waals surface area contributed by atoms with Gasteiger partial charge in [0.1, 0.15) is 11.6 Å². The number of ether oxygens (including phenoxy) is 1. The Balaban J connectivity index is 1.10. The highest BCUT2D eigenvalue weighted by molar-refractivity contribution is 7.14. The molecule has 0 saturated carbocycles. The second-order valence-corrected chi connectivity index (χ2v) is 10.6. The van der Waals surface area contributed by atoms with Gasteiger partial charge in [-0.25, -0.2) is 14.8 Å². The van der Waals surface area contributed by atoms with Crippen LogP contribution in [0.15, 0.2) is 101 Å². The molecule has 0 radical (unpaired) electrons. The lowest BCUT2D eigenvalue weighted by atomic mass is 10.1. The maximum Gasteiger partial charge on any atom is 0.271 e. The Kier molecular flexibility index (Phi) is 9.40. The molecule has 1 heterocycles. The lowest BCUT2D eigenvalue weighted by Crippen LogP contribution is -2.20. The minimum absolute atomic E-state index is 0.264. The minimum atomic E-state index is -0.421. The Morgan fingerprint density at radius 2 is 1.70 bits per heavy atom. The molecule has 11 heteroatoms. The van der Waals surface area contributed by atoms with Gasteiger partial charge in [-0.05, 0) is 79.2 Å². The third kappa shape index (κ3) is 8.25. The number of hydrogen-bond acceptors (Lipinski definition) is 7. The van der Waals surface area contributed by atoms with Crippen molar-refractivity contribution in [3.8, 4) is 17.0 Å². The predicted octanol–water partition coefficient (Wildman–Crippen LogP) is 7.44. The molecule has 3 N–H and O–H groups in total. The van der Waals surface area contributed by atoms with Gasteiger partial charge in [-0.3, -0.25) is 9.59 Å². The molecule has 216 valence electrons. The zero-order valence-electron chi connectivity index (χ0n) is 22.8. The monoisotopic (exact) mass is 613 g/mol. The van der Waals surface area contributed by atoms with Crippen molar-refractivity contribution in [2.45, 2.75) is 6.92 Å². The lowest BCUT2D eigenvalue weighted by molar-refractivity contribution is -0.118. The molecule has 0 aliphatic heterocycles. The highest BCUT2D eigenvalue weighted by Gasteiger charge is 2.10. The first-order valence-corrected chi connectivity index (χ1v) is 14.3. The van der Waals surface area contributed by atoms with E-state index in [9.17, 15) is 14.0 Å². The normalized spacial score (nSPS) is 10.9. The van der Waals surface area contributed by atoms with Crippen LogP contribution in [0.25, 0.3) is 11.3 Å². The Morgan fingerprint density at radius 3 is 2.42 bits per heavy atom. The number of nitrogens with zero attached hydrogens (tertiary/aromatic N) is 2. The van der Waals surface area contributed by atoms with Crippen LogP contribution in [0.4, 0.5) is 20.9 Å². The van der Waals surface area contributed by atoms with E-state index in [0.717, 1.165) is 22.1 Å². The van der Waals surface area contributed by atoms with Crippen LogP contribution >= 0.6 is 22.9 Å². The number of nitrogens with one attached hydrogen (secondary N) is 3. The van der Waals surface area contributed by atoms with Gasteiger partial charge in [0.05, 0.1) is 16.9 Å². The Hall–Kier alpha value is -5.06. The fourth-order valence-electron chi connectivity index (χ4n) is 3.83. The van der Waals surface area contributed by atoms with E-state index >= 15 is 0 Å². The fourth-order valence-corrected chi connectivity index (χ4v) is 4.82. The number of carbonyl (C=O) groups excluding carboxylic acids is 2. The van der Waals surface area contributed by atoms with Crippen molar-refractivity contribution >= 4 is 57.5 Å². The number of hydrogen-bond donors (Lipinski definition) is 3. The highest BCUT2D eigenvalue weighted by Crippen LogP contribution is 2.28. The number of amides is 2. The number of carbonyl (C=O) groups is 2. The average molecular weight is 614 g/mol. The van der Waals surface area contributed by atoms with E-state index in [-0.39, 0.29) is 17.5 Å². The number of halogens is 2. The van der Waals surface area contributed by atoms with Crippen molar-refractivity contribution in [2.24, 2.45) is 5.10 Å². The first kappa shape index (κ1) is 29.4. The molecule has 0 unspecified atom stereocenters. The Bertz CT molecular complexity index is 1760. The molecular weight excluding hydrogens is 589 g/mol. The van der Waals surface area contributed by atoms with Crippen LogP contribution in [-0.4, -0.2) is 29.6 Å². The van der Waals surface area contributed by atoms with Crippen LogP contribution in [0.1, 0.15) is 21.5 Å². The summed E-state index contributed by atoms with van der Waals surface area (Å²) in [6.45, 7) is 1.76. The van der Waals surface area contributed by atoms with E-state index < -0.39 is 11.7 Å². The van der Waals surface area contributed by atoms with E-state index in [4.69, 9.17) is 16.3 Å². The molecule has 0 aliphatic rings. The van der Waals surface area contributed by atoms with Crippen molar-refractivity contribution in [2.75, 3.05) is 17.2 Å². The van der Waals surface area contributed by atoms with Crippen LogP contribution in [-0.2, 0) is 4.79 Å². The number of aromatic nitrogens is 1. The summed E-state index contributed by atoms with van der Waals surface area (Å²) in [5, 5.41) is 12.9. The fraction of sp³-hybridized carbons (Fsp3) is 0.0625. The summed E-state index contributed by atoms with van der Waals surface area (Å²) in [5.74, 6) is -0.890. The van der Waals surface area contributed by atoms with Gasteiger partial charge in [0.15, 0.2) is 11.7 Å². The summed E-state index contributed by atoms with van der Waals surface area (Å²) >= 11 is 7.79. The van der Waals surface area contributed by atoms with E-state index in [1.165, 1.54) is 47.4 Å². The molecule has 0 atom stereocenters. The Labute approximate surface area is 256 Å².